The number of rotatable bonds is 3. The smallest absolute Gasteiger partial charge is 0.253 e. The van der Waals surface area contributed by atoms with Gasteiger partial charge >= 0.3 is 0 Å². The SMILES string of the molecule is CC(C(=O)Nc1ccc2c(c1)C(=O)N(C)CC2)C1CNC1.Cl. The van der Waals surface area contributed by atoms with Gasteiger partial charge in [0.25, 0.3) is 5.91 Å². The van der Waals surface area contributed by atoms with Crippen molar-refractivity contribution in [3.8, 4) is 0 Å². The highest BCUT2D eigenvalue weighted by atomic mass is 35.5. The van der Waals surface area contributed by atoms with E-state index in [2.05, 4.69) is 10.6 Å². The number of anilines is 1. The maximum atomic E-state index is 12.2. The Labute approximate surface area is 136 Å². The molecule has 2 N–H and O–H groups in total. The lowest BCUT2D eigenvalue weighted by atomic mass is 9.88. The predicted octanol–water partition coefficient (Wildman–Crippen LogP) is 1.53. The van der Waals surface area contributed by atoms with Crippen LogP contribution in [-0.4, -0.2) is 43.4 Å². The van der Waals surface area contributed by atoms with E-state index in [1.165, 1.54) is 0 Å². The van der Waals surface area contributed by atoms with E-state index in [0.717, 1.165) is 31.6 Å². The molecule has 2 heterocycles. The topological polar surface area (TPSA) is 61.4 Å². The summed E-state index contributed by atoms with van der Waals surface area (Å²) in [6, 6.07) is 5.64. The summed E-state index contributed by atoms with van der Waals surface area (Å²) in [5.74, 6) is 0.456. The lowest BCUT2D eigenvalue weighted by molar-refractivity contribution is -0.121. The van der Waals surface area contributed by atoms with Gasteiger partial charge < -0.3 is 15.5 Å². The molecule has 1 saturated heterocycles. The number of hydrogen-bond acceptors (Lipinski definition) is 3. The molecule has 3 rings (SSSR count). The van der Waals surface area contributed by atoms with Crippen molar-refractivity contribution in [3.05, 3.63) is 29.3 Å². The van der Waals surface area contributed by atoms with Crippen molar-refractivity contribution in [2.24, 2.45) is 11.8 Å². The molecule has 0 radical (unpaired) electrons. The number of likely N-dealkylation sites (N-methyl/N-ethyl adjacent to an activating group) is 1. The fourth-order valence-electron chi connectivity index (χ4n) is 2.80. The van der Waals surface area contributed by atoms with Gasteiger partial charge in [-0.3, -0.25) is 9.59 Å². The van der Waals surface area contributed by atoms with Crippen LogP contribution in [0.15, 0.2) is 18.2 Å². The van der Waals surface area contributed by atoms with Crippen molar-refractivity contribution in [2.75, 3.05) is 32.0 Å². The summed E-state index contributed by atoms with van der Waals surface area (Å²) in [4.78, 5) is 26.1. The zero-order valence-electron chi connectivity index (χ0n) is 12.9. The Balaban J connectivity index is 0.00000176. The van der Waals surface area contributed by atoms with Gasteiger partial charge in [-0.1, -0.05) is 13.0 Å². The molecule has 0 aromatic heterocycles. The first-order valence-electron chi connectivity index (χ1n) is 7.46. The molecule has 1 aromatic rings. The number of benzene rings is 1. The van der Waals surface area contributed by atoms with Gasteiger partial charge in [0.2, 0.25) is 5.91 Å². The molecule has 2 aliphatic rings. The Bertz CT molecular complexity index is 587. The maximum absolute atomic E-state index is 12.2. The molecule has 2 aliphatic heterocycles. The number of carbonyl (C=O) groups excluding carboxylic acids is 2. The minimum absolute atomic E-state index is 0. The van der Waals surface area contributed by atoms with E-state index in [9.17, 15) is 9.59 Å². The first kappa shape index (κ1) is 16.8. The Kier molecular flexibility index (Phi) is 5.08. The summed E-state index contributed by atoms with van der Waals surface area (Å²) in [5, 5.41) is 6.12. The van der Waals surface area contributed by atoms with Gasteiger partial charge in [0.1, 0.15) is 0 Å². The molecule has 1 fully saturated rings. The highest BCUT2D eigenvalue weighted by Gasteiger charge is 2.29. The zero-order valence-corrected chi connectivity index (χ0v) is 13.7. The first-order chi connectivity index (χ1) is 10.1. The van der Waals surface area contributed by atoms with Gasteiger partial charge in [0.15, 0.2) is 0 Å². The largest absolute Gasteiger partial charge is 0.341 e. The van der Waals surface area contributed by atoms with Crippen LogP contribution in [0.25, 0.3) is 0 Å². The standard InChI is InChI=1S/C16H21N3O2.ClH/c1-10(12-8-17-9-12)15(20)18-13-4-3-11-5-6-19(2)16(21)14(11)7-13;/h3-4,7,10,12,17H,5-6,8-9H2,1-2H3,(H,18,20);1H. The predicted molar refractivity (Wildman–Crippen MR) is 88.5 cm³/mol. The van der Waals surface area contributed by atoms with Crippen LogP contribution < -0.4 is 10.6 Å². The van der Waals surface area contributed by atoms with E-state index < -0.39 is 0 Å². The highest BCUT2D eigenvalue weighted by molar-refractivity contribution is 5.99. The molecular weight excluding hydrogens is 302 g/mol. The van der Waals surface area contributed by atoms with Crippen LogP contribution >= 0.6 is 12.4 Å². The van der Waals surface area contributed by atoms with Crippen LogP contribution in [0, 0.1) is 11.8 Å². The van der Waals surface area contributed by atoms with Gasteiger partial charge in [-0.25, -0.2) is 0 Å². The number of nitrogens with one attached hydrogen (secondary N) is 2. The van der Waals surface area contributed by atoms with Crippen LogP contribution in [0.5, 0.6) is 0 Å². The van der Waals surface area contributed by atoms with E-state index in [1.807, 2.05) is 26.1 Å². The van der Waals surface area contributed by atoms with Crippen LogP contribution in [0.2, 0.25) is 0 Å². The second kappa shape index (κ2) is 6.67. The number of nitrogens with zero attached hydrogens (tertiary/aromatic N) is 1. The molecule has 0 aliphatic carbocycles. The summed E-state index contributed by atoms with van der Waals surface area (Å²) in [6.07, 6.45) is 0.871. The molecule has 0 spiro atoms. The molecule has 1 unspecified atom stereocenters. The van der Waals surface area contributed by atoms with Gasteiger partial charge in [-0.05, 0) is 43.1 Å². The summed E-state index contributed by atoms with van der Waals surface area (Å²) >= 11 is 0. The molecule has 5 nitrogen and oxygen atoms in total. The second-order valence-electron chi connectivity index (χ2n) is 6.04. The molecule has 1 aromatic carbocycles. The van der Waals surface area contributed by atoms with Gasteiger partial charge in [-0.2, -0.15) is 0 Å². The number of halogens is 1. The van der Waals surface area contributed by atoms with Gasteiger partial charge in [0.05, 0.1) is 0 Å². The van der Waals surface area contributed by atoms with Crippen LogP contribution in [0.1, 0.15) is 22.8 Å². The van der Waals surface area contributed by atoms with Crippen molar-refractivity contribution in [2.45, 2.75) is 13.3 Å². The van der Waals surface area contributed by atoms with E-state index in [4.69, 9.17) is 0 Å². The third-order valence-corrected chi connectivity index (χ3v) is 4.60. The molecule has 1 atom stereocenters. The second-order valence-corrected chi connectivity index (χ2v) is 6.04. The highest BCUT2D eigenvalue weighted by Crippen LogP contribution is 2.23. The molecule has 0 saturated carbocycles. The molecule has 22 heavy (non-hydrogen) atoms. The summed E-state index contributed by atoms with van der Waals surface area (Å²) < 4.78 is 0. The first-order valence-corrected chi connectivity index (χ1v) is 7.46. The fourth-order valence-corrected chi connectivity index (χ4v) is 2.80. The van der Waals surface area contributed by atoms with E-state index in [1.54, 1.807) is 11.0 Å². The van der Waals surface area contributed by atoms with Crippen LogP contribution in [0.4, 0.5) is 5.69 Å². The van der Waals surface area contributed by atoms with Gasteiger partial charge in [-0.15, -0.1) is 12.4 Å². The lowest BCUT2D eigenvalue weighted by Gasteiger charge is -2.31. The third-order valence-electron chi connectivity index (χ3n) is 4.60. The monoisotopic (exact) mass is 323 g/mol. The summed E-state index contributed by atoms with van der Waals surface area (Å²) in [7, 11) is 1.81. The van der Waals surface area contributed by atoms with E-state index in [-0.39, 0.29) is 30.1 Å². The summed E-state index contributed by atoms with van der Waals surface area (Å²) in [6.45, 7) is 4.52. The third kappa shape index (κ3) is 3.10. The van der Waals surface area contributed by atoms with Crippen molar-refractivity contribution in [1.29, 1.82) is 0 Å². The Hall–Kier alpha value is -1.59. The van der Waals surface area contributed by atoms with Crippen molar-refractivity contribution >= 4 is 29.9 Å². The minimum Gasteiger partial charge on any atom is -0.341 e. The van der Waals surface area contributed by atoms with Crippen LogP contribution in [0.3, 0.4) is 0 Å². The lowest BCUT2D eigenvalue weighted by Crippen LogP contribution is -2.48. The minimum atomic E-state index is -0.0133. The molecular formula is C16H22ClN3O2. The quantitative estimate of drug-likeness (QED) is 0.887. The normalized spacial score (nSPS) is 18.8. The number of fused-ring (bicyclic) bond motifs is 1. The number of hydrogen-bond donors (Lipinski definition) is 2. The average Bonchev–Trinajstić information content (AvgIpc) is 2.41. The Morgan fingerprint density at radius 3 is 2.77 bits per heavy atom. The Morgan fingerprint density at radius 2 is 2.14 bits per heavy atom. The molecule has 120 valence electrons. The molecule has 2 amide bonds. The van der Waals surface area contributed by atoms with Crippen molar-refractivity contribution in [3.63, 3.8) is 0 Å². The number of amides is 2. The summed E-state index contributed by atoms with van der Waals surface area (Å²) in [5.41, 5.74) is 2.48. The molecule has 0 bridgehead atoms. The maximum Gasteiger partial charge on any atom is 0.253 e. The van der Waals surface area contributed by atoms with Crippen molar-refractivity contribution in [1.82, 2.24) is 10.2 Å². The van der Waals surface area contributed by atoms with E-state index in [0.29, 0.717) is 17.2 Å². The van der Waals surface area contributed by atoms with Crippen molar-refractivity contribution < 1.29 is 9.59 Å². The zero-order chi connectivity index (χ0) is 15.0. The Morgan fingerprint density at radius 1 is 1.41 bits per heavy atom. The average molecular weight is 324 g/mol. The fraction of sp³-hybridized carbons (Fsp3) is 0.500. The van der Waals surface area contributed by atoms with Crippen LogP contribution in [-0.2, 0) is 11.2 Å². The molecule has 6 heteroatoms. The van der Waals surface area contributed by atoms with Gasteiger partial charge in [0, 0.05) is 30.8 Å². The number of carbonyl (C=O) groups is 2. The van der Waals surface area contributed by atoms with E-state index >= 15 is 0 Å².